The van der Waals surface area contributed by atoms with Gasteiger partial charge >= 0.3 is 6.01 Å². The monoisotopic (exact) mass is 306 g/mol. The Morgan fingerprint density at radius 1 is 1.42 bits per heavy atom. The Kier molecular flexibility index (Phi) is 7.19. The Balaban J connectivity index is 2.74. The first kappa shape index (κ1) is 16.3. The van der Waals surface area contributed by atoms with Crippen LogP contribution in [-0.2, 0) is 0 Å². The van der Waals surface area contributed by atoms with Gasteiger partial charge in [-0.25, -0.2) is 0 Å². The van der Waals surface area contributed by atoms with Gasteiger partial charge < -0.3 is 15.2 Å². The summed E-state index contributed by atoms with van der Waals surface area (Å²) in [5.41, 5.74) is 0. The van der Waals surface area contributed by atoms with Crippen LogP contribution >= 0.6 is 23.4 Å². The van der Waals surface area contributed by atoms with E-state index < -0.39 is 0 Å². The van der Waals surface area contributed by atoms with E-state index in [4.69, 9.17) is 16.3 Å². The minimum Gasteiger partial charge on any atom is -0.463 e. The zero-order chi connectivity index (χ0) is 14.3. The molecular formula is C11H19ClN4O2S. The molecular weight excluding hydrogens is 288 g/mol. The molecule has 1 rings (SSSR count). The van der Waals surface area contributed by atoms with Gasteiger partial charge in [-0.3, -0.25) is 0 Å². The van der Waals surface area contributed by atoms with Crippen LogP contribution in [0.5, 0.6) is 6.01 Å². The van der Waals surface area contributed by atoms with Crippen molar-refractivity contribution in [3.05, 3.63) is 5.28 Å². The van der Waals surface area contributed by atoms with Crippen LogP contribution in [0.4, 0.5) is 5.95 Å². The molecule has 0 spiro atoms. The average Bonchev–Trinajstić information content (AvgIpc) is 2.37. The summed E-state index contributed by atoms with van der Waals surface area (Å²) >= 11 is 7.39. The topological polar surface area (TPSA) is 80.2 Å². The van der Waals surface area contributed by atoms with E-state index in [9.17, 15) is 5.11 Å². The van der Waals surface area contributed by atoms with Crippen LogP contribution in [0.1, 0.15) is 20.3 Å². The predicted octanol–water partition coefficient (Wildman–Crippen LogP) is 1.84. The number of nitrogens with one attached hydrogen (secondary N) is 1. The fourth-order valence-electron chi connectivity index (χ4n) is 1.39. The van der Waals surface area contributed by atoms with E-state index in [-0.39, 0.29) is 29.2 Å². The van der Waals surface area contributed by atoms with Gasteiger partial charge in [0.25, 0.3) is 0 Å². The lowest BCUT2D eigenvalue weighted by Gasteiger charge is -2.21. The maximum atomic E-state index is 9.24. The Bertz CT molecular complexity index is 393. The third-order valence-electron chi connectivity index (χ3n) is 2.42. The molecule has 1 heterocycles. The number of nitrogens with zero attached hydrogens (tertiary/aromatic N) is 3. The second-order valence-corrected chi connectivity index (χ2v) is 5.36. The Morgan fingerprint density at radius 3 is 2.74 bits per heavy atom. The molecule has 0 aliphatic carbocycles. The van der Waals surface area contributed by atoms with Crippen LogP contribution < -0.4 is 10.1 Å². The fraction of sp³-hybridized carbons (Fsp3) is 0.727. The standard InChI is InChI=1S/C11H19ClN4O2S/c1-4-5-18-11-15-9(12)14-10(16-11)13-7(2)8(6-17)19-3/h7-8,17H,4-6H2,1-3H3,(H,13,14,15,16). The molecule has 0 aromatic carbocycles. The van der Waals surface area contributed by atoms with Crippen molar-refractivity contribution in [2.24, 2.45) is 0 Å². The minimum absolute atomic E-state index is 0.00232. The highest BCUT2D eigenvalue weighted by Crippen LogP contribution is 2.16. The second-order valence-electron chi connectivity index (χ2n) is 3.95. The van der Waals surface area contributed by atoms with Crippen LogP contribution in [-0.4, -0.2) is 50.8 Å². The lowest BCUT2D eigenvalue weighted by Crippen LogP contribution is -2.31. The number of hydrogen-bond acceptors (Lipinski definition) is 7. The number of aliphatic hydroxyl groups excluding tert-OH is 1. The lowest BCUT2D eigenvalue weighted by atomic mass is 10.2. The Labute approximate surface area is 122 Å². The lowest BCUT2D eigenvalue weighted by molar-refractivity contribution is 0.287. The van der Waals surface area contributed by atoms with E-state index in [1.165, 1.54) is 0 Å². The molecule has 2 unspecified atom stereocenters. The smallest absolute Gasteiger partial charge is 0.322 e. The average molecular weight is 307 g/mol. The number of aromatic nitrogens is 3. The van der Waals surface area contributed by atoms with Crippen LogP contribution in [0.15, 0.2) is 0 Å². The van der Waals surface area contributed by atoms with Crippen LogP contribution in [0.25, 0.3) is 0 Å². The Morgan fingerprint density at radius 2 is 2.16 bits per heavy atom. The number of ether oxygens (including phenoxy) is 1. The molecule has 2 atom stereocenters. The number of rotatable bonds is 8. The minimum atomic E-state index is -0.00232. The van der Waals surface area contributed by atoms with Crippen LogP contribution in [0.2, 0.25) is 5.28 Å². The van der Waals surface area contributed by atoms with Crippen molar-refractivity contribution < 1.29 is 9.84 Å². The molecule has 6 nitrogen and oxygen atoms in total. The van der Waals surface area contributed by atoms with E-state index in [0.717, 1.165) is 6.42 Å². The van der Waals surface area contributed by atoms with Crippen molar-refractivity contribution in [2.45, 2.75) is 31.6 Å². The van der Waals surface area contributed by atoms with Crippen LogP contribution in [0, 0.1) is 0 Å². The van der Waals surface area contributed by atoms with E-state index >= 15 is 0 Å². The summed E-state index contributed by atoms with van der Waals surface area (Å²) in [7, 11) is 0. The number of halogens is 1. The zero-order valence-corrected chi connectivity index (χ0v) is 12.8. The van der Waals surface area contributed by atoms with E-state index in [1.807, 2.05) is 20.1 Å². The molecule has 0 bridgehead atoms. The van der Waals surface area contributed by atoms with Crippen molar-refractivity contribution >= 4 is 29.3 Å². The zero-order valence-electron chi connectivity index (χ0n) is 11.3. The molecule has 108 valence electrons. The number of hydrogen-bond donors (Lipinski definition) is 2. The van der Waals surface area contributed by atoms with Crippen molar-refractivity contribution in [3.8, 4) is 6.01 Å². The van der Waals surface area contributed by atoms with Gasteiger partial charge in [0.1, 0.15) is 0 Å². The Hall–Kier alpha value is -0.790. The predicted molar refractivity (Wildman–Crippen MR) is 78.1 cm³/mol. The second kappa shape index (κ2) is 8.39. The first-order valence-corrected chi connectivity index (χ1v) is 7.71. The summed E-state index contributed by atoms with van der Waals surface area (Å²) < 4.78 is 5.33. The molecule has 19 heavy (non-hydrogen) atoms. The first-order valence-electron chi connectivity index (χ1n) is 6.05. The third kappa shape index (κ3) is 5.38. The molecule has 1 aromatic heterocycles. The number of thioether (sulfide) groups is 1. The van der Waals surface area contributed by atoms with E-state index in [2.05, 4.69) is 20.3 Å². The summed E-state index contributed by atoms with van der Waals surface area (Å²) in [6.45, 7) is 4.54. The van der Waals surface area contributed by atoms with Gasteiger partial charge in [-0.15, -0.1) is 0 Å². The van der Waals surface area contributed by atoms with Gasteiger partial charge in [-0.05, 0) is 31.2 Å². The van der Waals surface area contributed by atoms with Gasteiger partial charge in [0.2, 0.25) is 11.2 Å². The maximum absolute atomic E-state index is 9.24. The molecule has 8 heteroatoms. The van der Waals surface area contributed by atoms with E-state index in [1.54, 1.807) is 11.8 Å². The molecule has 2 N–H and O–H groups in total. The van der Waals surface area contributed by atoms with Gasteiger partial charge in [0, 0.05) is 11.3 Å². The molecule has 0 fully saturated rings. The quantitative estimate of drug-likeness (QED) is 0.758. The summed E-state index contributed by atoms with van der Waals surface area (Å²) in [6.07, 6.45) is 2.80. The highest BCUT2D eigenvalue weighted by Gasteiger charge is 2.17. The normalized spacial score (nSPS) is 13.9. The maximum Gasteiger partial charge on any atom is 0.322 e. The molecule has 0 aliphatic heterocycles. The highest BCUT2D eigenvalue weighted by molar-refractivity contribution is 7.99. The van der Waals surface area contributed by atoms with Crippen molar-refractivity contribution in [3.63, 3.8) is 0 Å². The van der Waals surface area contributed by atoms with Crippen molar-refractivity contribution in [2.75, 3.05) is 24.8 Å². The van der Waals surface area contributed by atoms with E-state index in [0.29, 0.717) is 12.6 Å². The summed E-state index contributed by atoms with van der Waals surface area (Å²) in [6, 6.07) is 0.207. The first-order chi connectivity index (χ1) is 9.10. The summed E-state index contributed by atoms with van der Waals surface area (Å²) in [5.74, 6) is 0.353. The number of anilines is 1. The van der Waals surface area contributed by atoms with Crippen molar-refractivity contribution in [1.82, 2.24) is 15.0 Å². The molecule has 1 aromatic rings. The van der Waals surface area contributed by atoms with Crippen molar-refractivity contribution in [1.29, 1.82) is 0 Å². The molecule has 0 radical (unpaired) electrons. The SMILES string of the molecule is CCCOc1nc(Cl)nc(NC(C)C(CO)SC)n1. The summed E-state index contributed by atoms with van der Waals surface area (Å²) in [4.78, 5) is 12.0. The molecule has 0 amide bonds. The third-order valence-corrected chi connectivity index (χ3v) is 3.75. The molecule has 0 saturated heterocycles. The molecule has 0 aliphatic rings. The van der Waals surface area contributed by atoms with Gasteiger partial charge in [-0.1, -0.05) is 6.92 Å². The molecule has 0 saturated carbocycles. The van der Waals surface area contributed by atoms with Gasteiger partial charge in [0.05, 0.1) is 13.2 Å². The highest BCUT2D eigenvalue weighted by atomic mass is 35.5. The van der Waals surface area contributed by atoms with Gasteiger partial charge in [0.15, 0.2) is 0 Å². The van der Waals surface area contributed by atoms with Gasteiger partial charge in [-0.2, -0.15) is 26.7 Å². The number of aliphatic hydroxyl groups is 1. The summed E-state index contributed by atoms with van der Waals surface area (Å²) in [5, 5.41) is 12.5. The fourth-order valence-corrected chi connectivity index (χ4v) is 2.17. The van der Waals surface area contributed by atoms with Crippen LogP contribution in [0.3, 0.4) is 0 Å². The largest absolute Gasteiger partial charge is 0.463 e.